The lowest BCUT2D eigenvalue weighted by Crippen LogP contribution is -2.34. The zero-order valence-electron chi connectivity index (χ0n) is 16.6. The molecular formula is C19H20BrN3O6S2. The molecule has 0 saturated heterocycles. The van der Waals surface area contributed by atoms with Crippen molar-refractivity contribution >= 4 is 60.8 Å². The molecule has 0 aliphatic carbocycles. The van der Waals surface area contributed by atoms with Gasteiger partial charge in [0.2, 0.25) is 5.91 Å². The molecule has 12 heteroatoms. The Kier molecular flexibility index (Phi) is 8.92. The number of halogens is 1. The van der Waals surface area contributed by atoms with Gasteiger partial charge in [0.15, 0.2) is 5.11 Å². The van der Waals surface area contributed by atoms with Crippen molar-refractivity contribution in [3.63, 3.8) is 0 Å². The smallest absolute Gasteiger partial charge is 0.264 e. The van der Waals surface area contributed by atoms with Gasteiger partial charge in [-0.3, -0.25) is 14.9 Å². The summed E-state index contributed by atoms with van der Waals surface area (Å²) in [5.41, 5.74) is 0.807. The molecule has 0 unspecified atom stereocenters. The van der Waals surface area contributed by atoms with Gasteiger partial charge in [-0.15, -0.1) is 0 Å². The van der Waals surface area contributed by atoms with Gasteiger partial charge < -0.3 is 14.8 Å². The molecule has 2 aromatic rings. The second-order valence-corrected chi connectivity index (χ2v) is 9.03. The summed E-state index contributed by atoms with van der Waals surface area (Å²) in [5, 5.41) is 5.36. The second-order valence-electron chi connectivity index (χ2n) is 6.08. The van der Waals surface area contributed by atoms with Gasteiger partial charge in [-0.2, -0.15) is 0 Å². The second kappa shape index (κ2) is 11.2. The Morgan fingerprint density at radius 1 is 1.10 bits per heavy atom. The Labute approximate surface area is 193 Å². The Balaban J connectivity index is 1.97. The van der Waals surface area contributed by atoms with Gasteiger partial charge in [-0.05, 0) is 70.6 Å². The van der Waals surface area contributed by atoms with Crippen molar-refractivity contribution in [3.8, 4) is 5.75 Å². The average molecular weight is 530 g/mol. The molecule has 0 fully saturated rings. The van der Waals surface area contributed by atoms with Crippen LogP contribution in [0.15, 0.2) is 51.8 Å². The number of thiocarbonyl (C=S) groups is 1. The first kappa shape index (κ1) is 24.7. The maximum Gasteiger partial charge on any atom is 0.264 e. The van der Waals surface area contributed by atoms with Crippen LogP contribution in [0.2, 0.25) is 0 Å². The van der Waals surface area contributed by atoms with E-state index in [9.17, 15) is 18.0 Å². The molecular weight excluding hydrogens is 510 g/mol. The third-order valence-corrected chi connectivity index (χ3v) is 5.94. The van der Waals surface area contributed by atoms with Crippen LogP contribution in [-0.2, 0) is 19.6 Å². The summed E-state index contributed by atoms with van der Waals surface area (Å²) < 4.78 is 36.8. The van der Waals surface area contributed by atoms with Gasteiger partial charge in [0.1, 0.15) is 12.4 Å². The van der Waals surface area contributed by atoms with Crippen LogP contribution in [-0.4, -0.2) is 45.7 Å². The van der Waals surface area contributed by atoms with Crippen LogP contribution in [0.3, 0.4) is 0 Å². The van der Waals surface area contributed by atoms with Crippen molar-refractivity contribution in [2.75, 3.05) is 25.6 Å². The molecule has 0 atom stereocenters. The lowest BCUT2D eigenvalue weighted by Gasteiger charge is -2.12. The minimum absolute atomic E-state index is 0.0269. The molecule has 0 aliphatic rings. The number of methoxy groups -OCH3 is 1. The van der Waals surface area contributed by atoms with Crippen LogP contribution < -0.4 is 20.1 Å². The largest absolute Gasteiger partial charge is 0.490 e. The van der Waals surface area contributed by atoms with Crippen LogP contribution in [0.4, 0.5) is 5.69 Å². The number of anilines is 1. The van der Waals surface area contributed by atoms with Gasteiger partial charge in [-0.25, -0.2) is 13.1 Å². The molecule has 0 aromatic heterocycles. The zero-order chi connectivity index (χ0) is 23.0. The highest BCUT2D eigenvalue weighted by molar-refractivity contribution is 9.10. The number of carbonyl (C=O) groups is 2. The number of rotatable bonds is 8. The van der Waals surface area contributed by atoms with E-state index in [1.807, 2.05) is 4.72 Å². The van der Waals surface area contributed by atoms with E-state index < -0.39 is 21.8 Å². The zero-order valence-corrected chi connectivity index (χ0v) is 19.8. The predicted molar refractivity (Wildman–Crippen MR) is 123 cm³/mol. The van der Waals surface area contributed by atoms with Gasteiger partial charge in [-0.1, -0.05) is 0 Å². The number of nitrogens with one attached hydrogen (secondary N) is 3. The van der Waals surface area contributed by atoms with Crippen molar-refractivity contribution in [1.29, 1.82) is 0 Å². The maximum atomic E-state index is 12.4. The molecule has 31 heavy (non-hydrogen) atoms. The van der Waals surface area contributed by atoms with Gasteiger partial charge in [0.05, 0.1) is 16.0 Å². The molecule has 166 valence electrons. The van der Waals surface area contributed by atoms with E-state index in [1.54, 1.807) is 25.3 Å². The van der Waals surface area contributed by atoms with E-state index in [1.165, 1.54) is 24.3 Å². The number of sulfonamides is 1. The minimum Gasteiger partial charge on any atom is -0.490 e. The molecule has 2 aromatic carbocycles. The van der Waals surface area contributed by atoms with Crippen LogP contribution in [0.1, 0.15) is 17.3 Å². The summed E-state index contributed by atoms with van der Waals surface area (Å²) in [6, 6.07) is 10.4. The molecule has 2 amide bonds. The van der Waals surface area contributed by atoms with Crippen LogP contribution in [0.5, 0.6) is 5.75 Å². The van der Waals surface area contributed by atoms with Gasteiger partial charge in [0.25, 0.3) is 15.9 Å². The number of benzene rings is 2. The summed E-state index contributed by atoms with van der Waals surface area (Å²) in [5.74, 6) is -0.553. The fourth-order valence-corrected chi connectivity index (χ4v) is 3.99. The van der Waals surface area contributed by atoms with E-state index in [4.69, 9.17) is 21.7 Å². The van der Waals surface area contributed by atoms with E-state index in [2.05, 4.69) is 26.6 Å². The first-order valence-electron chi connectivity index (χ1n) is 8.79. The molecule has 0 radical (unpaired) electrons. The van der Waals surface area contributed by atoms with E-state index in [0.29, 0.717) is 34.7 Å². The van der Waals surface area contributed by atoms with Gasteiger partial charge in [0, 0.05) is 25.3 Å². The normalized spacial score (nSPS) is 10.8. The first-order chi connectivity index (χ1) is 14.6. The lowest BCUT2D eigenvalue weighted by atomic mass is 10.2. The Hall–Kier alpha value is -2.54. The molecule has 0 heterocycles. The van der Waals surface area contributed by atoms with Crippen molar-refractivity contribution in [2.24, 2.45) is 0 Å². The molecule has 0 spiro atoms. The molecule has 3 N–H and O–H groups in total. The lowest BCUT2D eigenvalue weighted by molar-refractivity contribution is -0.117. The highest BCUT2D eigenvalue weighted by Gasteiger charge is 2.15. The highest BCUT2D eigenvalue weighted by Crippen LogP contribution is 2.26. The number of ether oxygens (including phenoxy) is 2. The monoisotopic (exact) mass is 529 g/mol. The number of amides is 2. The Morgan fingerprint density at radius 2 is 1.77 bits per heavy atom. The summed E-state index contributed by atoms with van der Waals surface area (Å²) in [6.07, 6.45) is 0. The molecule has 2 rings (SSSR count). The van der Waals surface area contributed by atoms with Crippen molar-refractivity contribution < 1.29 is 27.5 Å². The third-order valence-electron chi connectivity index (χ3n) is 3.67. The quantitative estimate of drug-likeness (QED) is 0.352. The summed E-state index contributed by atoms with van der Waals surface area (Å²) in [6.45, 7) is 1.92. The first-order valence-corrected chi connectivity index (χ1v) is 11.5. The number of carbonyl (C=O) groups excluding carboxylic acids is 2. The fourth-order valence-electron chi connectivity index (χ4n) is 2.30. The highest BCUT2D eigenvalue weighted by atomic mass is 79.9. The average Bonchev–Trinajstić information content (AvgIpc) is 2.68. The van der Waals surface area contributed by atoms with E-state index in [0.717, 1.165) is 6.92 Å². The van der Waals surface area contributed by atoms with Crippen molar-refractivity contribution in [2.45, 2.75) is 11.8 Å². The van der Waals surface area contributed by atoms with Crippen LogP contribution in [0, 0.1) is 0 Å². The Morgan fingerprint density at radius 3 is 2.35 bits per heavy atom. The predicted octanol–water partition coefficient (Wildman–Crippen LogP) is 2.43. The van der Waals surface area contributed by atoms with Crippen LogP contribution in [0.25, 0.3) is 0 Å². The third kappa shape index (κ3) is 7.58. The topological polar surface area (TPSA) is 123 Å². The van der Waals surface area contributed by atoms with E-state index >= 15 is 0 Å². The molecule has 0 saturated carbocycles. The summed E-state index contributed by atoms with van der Waals surface area (Å²) >= 11 is 8.49. The summed E-state index contributed by atoms with van der Waals surface area (Å²) in [4.78, 5) is 23.3. The van der Waals surface area contributed by atoms with E-state index in [-0.39, 0.29) is 10.0 Å². The standard InChI is InChI=1S/C19H20BrN3O6S2/c1-12(24)23-31(26,27)15-6-4-14(5-7-15)21-19(30)22-18(25)13-3-8-17(16(20)11-13)29-10-9-28-2/h3-8,11H,9-10H2,1-2H3,(H,23,24)(H2,21,22,25,30). The number of hydrogen-bond acceptors (Lipinski definition) is 7. The SMILES string of the molecule is COCCOc1ccc(C(=O)NC(=S)Nc2ccc(S(=O)(=O)NC(C)=O)cc2)cc1Br. The van der Waals surface area contributed by atoms with Gasteiger partial charge >= 0.3 is 0 Å². The summed E-state index contributed by atoms with van der Waals surface area (Å²) in [7, 11) is -2.35. The minimum atomic E-state index is -3.93. The fraction of sp³-hybridized carbons (Fsp3) is 0.211. The number of hydrogen-bond donors (Lipinski definition) is 3. The van der Waals surface area contributed by atoms with Crippen molar-refractivity contribution in [3.05, 3.63) is 52.5 Å². The maximum absolute atomic E-state index is 12.4. The van der Waals surface area contributed by atoms with Crippen molar-refractivity contribution in [1.82, 2.24) is 10.0 Å². The Bertz CT molecular complexity index is 1070. The van der Waals surface area contributed by atoms with Crippen LogP contribution >= 0.6 is 28.1 Å². The molecule has 0 bridgehead atoms. The molecule has 9 nitrogen and oxygen atoms in total. The molecule has 0 aliphatic heterocycles.